The zero-order valence-corrected chi connectivity index (χ0v) is 10.9. The Labute approximate surface area is 108 Å². The molecule has 1 atom stereocenters. The van der Waals surface area contributed by atoms with Gasteiger partial charge in [0.2, 0.25) is 0 Å². The third-order valence-electron chi connectivity index (χ3n) is 2.32. The van der Waals surface area contributed by atoms with Crippen molar-refractivity contribution in [2.24, 2.45) is 5.92 Å². The van der Waals surface area contributed by atoms with E-state index in [4.69, 9.17) is 10.00 Å². The first-order chi connectivity index (χ1) is 8.61. The van der Waals surface area contributed by atoms with E-state index in [0.717, 1.165) is 5.69 Å². The Kier molecular flexibility index (Phi) is 6.20. The monoisotopic (exact) mass is 248 g/mol. The molecule has 2 N–H and O–H groups in total. The van der Waals surface area contributed by atoms with Gasteiger partial charge in [-0.05, 0) is 30.2 Å². The number of benzene rings is 1. The lowest BCUT2D eigenvalue weighted by Gasteiger charge is -2.14. The number of aliphatic hydroxyl groups excluding tert-OH is 1. The summed E-state index contributed by atoms with van der Waals surface area (Å²) in [6.07, 6.45) is -0.528. The molecular weight excluding hydrogens is 228 g/mol. The predicted octanol–water partition coefficient (Wildman–Crippen LogP) is 2.00. The van der Waals surface area contributed by atoms with Gasteiger partial charge in [0.15, 0.2) is 0 Å². The minimum Gasteiger partial charge on any atom is -0.389 e. The van der Waals surface area contributed by atoms with Crippen molar-refractivity contribution >= 4 is 5.69 Å². The molecule has 98 valence electrons. The topological polar surface area (TPSA) is 65.3 Å². The summed E-state index contributed by atoms with van der Waals surface area (Å²) in [6, 6.07) is 9.18. The van der Waals surface area contributed by atoms with Gasteiger partial charge in [-0.1, -0.05) is 13.8 Å². The molecule has 0 aliphatic rings. The molecule has 4 nitrogen and oxygen atoms in total. The Hall–Kier alpha value is -1.57. The first kappa shape index (κ1) is 14.5. The molecule has 0 spiro atoms. The van der Waals surface area contributed by atoms with Crippen LogP contribution in [-0.4, -0.2) is 31.0 Å². The Balaban J connectivity index is 2.25. The van der Waals surface area contributed by atoms with E-state index < -0.39 is 6.10 Å². The fourth-order valence-electron chi connectivity index (χ4n) is 1.40. The van der Waals surface area contributed by atoms with Gasteiger partial charge in [-0.2, -0.15) is 5.26 Å². The fourth-order valence-corrected chi connectivity index (χ4v) is 1.40. The van der Waals surface area contributed by atoms with Gasteiger partial charge in [0.05, 0.1) is 24.3 Å². The second-order valence-corrected chi connectivity index (χ2v) is 4.66. The molecule has 0 saturated carbocycles. The van der Waals surface area contributed by atoms with Crippen molar-refractivity contribution in [2.45, 2.75) is 20.0 Å². The van der Waals surface area contributed by atoms with Crippen LogP contribution in [0.3, 0.4) is 0 Å². The fraction of sp³-hybridized carbons (Fsp3) is 0.500. The second-order valence-electron chi connectivity index (χ2n) is 4.66. The maximum atomic E-state index is 9.68. The van der Waals surface area contributed by atoms with Crippen LogP contribution in [0.5, 0.6) is 0 Å². The molecule has 0 aliphatic carbocycles. The van der Waals surface area contributed by atoms with Crippen molar-refractivity contribution in [3.05, 3.63) is 29.8 Å². The molecule has 0 heterocycles. The van der Waals surface area contributed by atoms with Crippen molar-refractivity contribution in [2.75, 3.05) is 25.1 Å². The van der Waals surface area contributed by atoms with E-state index in [0.29, 0.717) is 31.2 Å². The SMILES string of the molecule is CC(C)COCC(O)CNc1ccc(C#N)cc1. The lowest BCUT2D eigenvalue weighted by atomic mass is 10.2. The summed E-state index contributed by atoms with van der Waals surface area (Å²) in [5.41, 5.74) is 1.51. The van der Waals surface area contributed by atoms with Crippen molar-refractivity contribution in [3.63, 3.8) is 0 Å². The Bertz CT molecular complexity index is 382. The van der Waals surface area contributed by atoms with Crippen LogP contribution in [0.25, 0.3) is 0 Å². The lowest BCUT2D eigenvalue weighted by molar-refractivity contribution is 0.0318. The number of nitrogens with one attached hydrogen (secondary N) is 1. The minimum atomic E-state index is -0.528. The molecule has 0 bridgehead atoms. The average Bonchev–Trinajstić information content (AvgIpc) is 2.36. The molecule has 1 aromatic carbocycles. The Morgan fingerprint density at radius 2 is 1.94 bits per heavy atom. The summed E-state index contributed by atoms with van der Waals surface area (Å²) in [5.74, 6) is 0.476. The second kappa shape index (κ2) is 7.70. The number of aliphatic hydroxyl groups is 1. The van der Waals surface area contributed by atoms with Crippen LogP contribution < -0.4 is 5.32 Å². The molecule has 1 aromatic rings. The third-order valence-corrected chi connectivity index (χ3v) is 2.32. The molecule has 0 aromatic heterocycles. The average molecular weight is 248 g/mol. The Morgan fingerprint density at radius 1 is 1.28 bits per heavy atom. The highest BCUT2D eigenvalue weighted by Gasteiger charge is 2.04. The molecular formula is C14H20N2O2. The summed E-state index contributed by atoms with van der Waals surface area (Å²) in [4.78, 5) is 0. The van der Waals surface area contributed by atoms with E-state index in [2.05, 4.69) is 25.2 Å². The summed E-state index contributed by atoms with van der Waals surface area (Å²) in [7, 11) is 0. The summed E-state index contributed by atoms with van der Waals surface area (Å²) >= 11 is 0. The molecule has 0 fully saturated rings. The number of nitriles is 1. The van der Waals surface area contributed by atoms with Crippen LogP contribution in [0.15, 0.2) is 24.3 Å². The van der Waals surface area contributed by atoms with Crippen LogP contribution >= 0.6 is 0 Å². The van der Waals surface area contributed by atoms with E-state index in [1.807, 2.05) is 12.1 Å². The molecule has 0 amide bonds. The molecule has 4 heteroatoms. The maximum absolute atomic E-state index is 9.68. The zero-order valence-electron chi connectivity index (χ0n) is 10.9. The first-order valence-corrected chi connectivity index (χ1v) is 6.11. The van der Waals surface area contributed by atoms with Gasteiger partial charge in [0.1, 0.15) is 0 Å². The van der Waals surface area contributed by atoms with E-state index in [-0.39, 0.29) is 0 Å². The maximum Gasteiger partial charge on any atom is 0.0991 e. The van der Waals surface area contributed by atoms with E-state index >= 15 is 0 Å². The number of anilines is 1. The molecule has 1 unspecified atom stereocenters. The minimum absolute atomic E-state index is 0.335. The summed E-state index contributed by atoms with van der Waals surface area (Å²) < 4.78 is 5.35. The van der Waals surface area contributed by atoms with Gasteiger partial charge in [-0.3, -0.25) is 0 Å². The van der Waals surface area contributed by atoms with Gasteiger partial charge in [0.25, 0.3) is 0 Å². The number of hydrogen-bond donors (Lipinski definition) is 2. The van der Waals surface area contributed by atoms with Crippen LogP contribution in [0.4, 0.5) is 5.69 Å². The number of ether oxygens (including phenoxy) is 1. The van der Waals surface area contributed by atoms with Crippen LogP contribution in [0, 0.1) is 17.2 Å². The van der Waals surface area contributed by atoms with Gasteiger partial charge < -0.3 is 15.2 Å². The van der Waals surface area contributed by atoms with Crippen LogP contribution in [-0.2, 0) is 4.74 Å². The van der Waals surface area contributed by atoms with E-state index in [1.165, 1.54) is 0 Å². The quantitative estimate of drug-likeness (QED) is 0.774. The lowest BCUT2D eigenvalue weighted by Crippen LogP contribution is -2.25. The highest BCUT2D eigenvalue weighted by Crippen LogP contribution is 2.08. The Morgan fingerprint density at radius 3 is 2.50 bits per heavy atom. The first-order valence-electron chi connectivity index (χ1n) is 6.11. The standard InChI is InChI=1S/C14H20N2O2/c1-11(2)9-18-10-14(17)8-16-13-5-3-12(7-15)4-6-13/h3-6,11,14,16-17H,8-10H2,1-2H3. The van der Waals surface area contributed by atoms with Gasteiger partial charge in [-0.25, -0.2) is 0 Å². The van der Waals surface area contributed by atoms with Gasteiger partial charge in [0, 0.05) is 18.8 Å². The molecule has 1 rings (SSSR count). The third kappa shape index (κ3) is 5.67. The van der Waals surface area contributed by atoms with E-state index in [1.54, 1.807) is 12.1 Å². The van der Waals surface area contributed by atoms with Crippen molar-refractivity contribution < 1.29 is 9.84 Å². The summed E-state index contributed by atoms with van der Waals surface area (Å²) in [6.45, 7) is 5.57. The van der Waals surface area contributed by atoms with Crippen molar-refractivity contribution in [1.29, 1.82) is 5.26 Å². The summed E-state index contributed by atoms with van der Waals surface area (Å²) in [5, 5.41) is 21.4. The molecule has 0 aliphatic heterocycles. The van der Waals surface area contributed by atoms with Crippen LogP contribution in [0.2, 0.25) is 0 Å². The highest BCUT2D eigenvalue weighted by molar-refractivity contribution is 5.47. The predicted molar refractivity (Wildman–Crippen MR) is 71.3 cm³/mol. The zero-order chi connectivity index (χ0) is 13.4. The molecule has 0 radical (unpaired) electrons. The van der Waals surface area contributed by atoms with Crippen molar-refractivity contribution in [1.82, 2.24) is 0 Å². The number of rotatable bonds is 7. The largest absolute Gasteiger partial charge is 0.389 e. The van der Waals surface area contributed by atoms with Crippen molar-refractivity contribution in [3.8, 4) is 6.07 Å². The number of hydrogen-bond acceptors (Lipinski definition) is 4. The normalized spacial score (nSPS) is 12.2. The number of nitrogens with zero attached hydrogens (tertiary/aromatic N) is 1. The van der Waals surface area contributed by atoms with E-state index in [9.17, 15) is 5.11 Å². The van der Waals surface area contributed by atoms with Gasteiger partial charge >= 0.3 is 0 Å². The smallest absolute Gasteiger partial charge is 0.0991 e. The highest BCUT2D eigenvalue weighted by atomic mass is 16.5. The van der Waals surface area contributed by atoms with Gasteiger partial charge in [-0.15, -0.1) is 0 Å². The molecule has 0 saturated heterocycles. The molecule has 18 heavy (non-hydrogen) atoms. The van der Waals surface area contributed by atoms with Crippen LogP contribution in [0.1, 0.15) is 19.4 Å².